The van der Waals surface area contributed by atoms with E-state index in [2.05, 4.69) is 10.2 Å². The van der Waals surface area contributed by atoms with E-state index in [1.807, 2.05) is 6.07 Å². The van der Waals surface area contributed by atoms with Gasteiger partial charge in [0.15, 0.2) is 11.0 Å². The van der Waals surface area contributed by atoms with E-state index in [0.717, 1.165) is 0 Å². The Morgan fingerprint density at radius 3 is 2.41 bits per heavy atom. The van der Waals surface area contributed by atoms with Gasteiger partial charge in [0.1, 0.15) is 11.5 Å². The first-order chi connectivity index (χ1) is 13.8. The first-order valence-corrected chi connectivity index (χ1v) is 10.1. The lowest BCUT2D eigenvalue weighted by Gasteiger charge is -2.15. The number of thioether (sulfide) groups is 1. The molecule has 1 amide bonds. The van der Waals surface area contributed by atoms with Crippen molar-refractivity contribution in [1.82, 2.24) is 14.8 Å². The minimum absolute atomic E-state index is 0.418. The van der Waals surface area contributed by atoms with Gasteiger partial charge in [-0.3, -0.25) is 9.36 Å². The highest BCUT2D eigenvalue weighted by atomic mass is 35.5. The van der Waals surface area contributed by atoms with Crippen LogP contribution in [0.2, 0.25) is 10.0 Å². The molecule has 0 radical (unpaired) electrons. The summed E-state index contributed by atoms with van der Waals surface area (Å²) in [6.45, 7) is 1.70. The van der Waals surface area contributed by atoms with Crippen LogP contribution < -0.4 is 15.2 Å². The van der Waals surface area contributed by atoms with Crippen molar-refractivity contribution in [3.8, 4) is 28.6 Å². The van der Waals surface area contributed by atoms with Gasteiger partial charge in [0.05, 0.1) is 35.7 Å². The molecule has 1 atom stereocenters. The predicted molar refractivity (Wildman–Crippen MR) is 114 cm³/mol. The smallest absolute Gasteiger partial charge is 0.230 e. The van der Waals surface area contributed by atoms with Crippen LogP contribution in [-0.4, -0.2) is 40.1 Å². The monoisotopic (exact) mass is 452 g/mol. The van der Waals surface area contributed by atoms with E-state index in [4.69, 9.17) is 38.4 Å². The van der Waals surface area contributed by atoms with Crippen LogP contribution in [0, 0.1) is 0 Å². The molecule has 2 aromatic carbocycles. The molecule has 3 aromatic rings. The maximum absolute atomic E-state index is 11.6. The van der Waals surface area contributed by atoms with Gasteiger partial charge in [0, 0.05) is 5.02 Å². The lowest BCUT2D eigenvalue weighted by molar-refractivity contribution is -0.117. The number of ether oxygens (including phenoxy) is 2. The number of nitrogens with two attached hydrogens (primary N) is 1. The number of amides is 1. The van der Waals surface area contributed by atoms with Crippen molar-refractivity contribution in [2.24, 2.45) is 5.73 Å². The molecular weight excluding hydrogens is 435 g/mol. The third-order valence-corrected chi connectivity index (χ3v) is 5.70. The molecule has 152 valence electrons. The molecule has 1 heterocycles. The Bertz CT molecular complexity index is 1060. The van der Waals surface area contributed by atoms with Gasteiger partial charge < -0.3 is 15.2 Å². The summed E-state index contributed by atoms with van der Waals surface area (Å²) in [6.07, 6.45) is 0. The van der Waals surface area contributed by atoms with Gasteiger partial charge in [-0.1, -0.05) is 35.0 Å². The Kier molecular flexibility index (Phi) is 6.56. The number of primary amides is 1. The van der Waals surface area contributed by atoms with E-state index in [1.54, 1.807) is 48.9 Å². The quantitative estimate of drug-likeness (QED) is 0.539. The molecule has 7 nitrogen and oxygen atoms in total. The minimum atomic E-state index is -0.513. The van der Waals surface area contributed by atoms with E-state index >= 15 is 0 Å². The highest BCUT2D eigenvalue weighted by Crippen LogP contribution is 2.37. The Labute approximate surface area is 182 Å². The number of aromatic nitrogens is 3. The Morgan fingerprint density at radius 2 is 1.79 bits per heavy atom. The Morgan fingerprint density at radius 1 is 1.10 bits per heavy atom. The molecule has 0 fully saturated rings. The molecule has 0 saturated heterocycles. The minimum Gasteiger partial charge on any atom is -0.496 e. The molecule has 0 unspecified atom stereocenters. The lowest BCUT2D eigenvalue weighted by Crippen LogP contribution is -2.23. The number of nitrogens with zero attached hydrogens (tertiary/aromatic N) is 3. The maximum atomic E-state index is 11.6. The second kappa shape index (κ2) is 8.94. The molecule has 2 N–H and O–H groups in total. The average Bonchev–Trinajstić information content (AvgIpc) is 3.11. The van der Waals surface area contributed by atoms with Crippen LogP contribution in [0.4, 0.5) is 0 Å². The number of rotatable bonds is 7. The number of benzene rings is 2. The van der Waals surface area contributed by atoms with Crippen LogP contribution in [0.25, 0.3) is 17.1 Å². The summed E-state index contributed by atoms with van der Waals surface area (Å²) in [5.74, 6) is 1.12. The first-order valence-electron chi connectivity index (χ1n) is 8.45. The molecule has 1 aromatic heterocycles. The summed E-state index contributed by atoms with van der Waals surface area (Å²) in [7, 11) is 3.10. The number of hydrogen-bond acceptors (Lipinski definition) is 6. The summed E-state index contributed by atoms with van der Waals surface area (Å²) in [5, 5.41) is 9.48. The highest BCUT2D eigenvalue weighted by Gasteiger charge is 2.23. The fourth-order valence-corrected chi connectivity index (χ4v) is 3.86. The van der Waals surface area contributed by atoms with Gasteiger partial charge in [-0.15, -0.1) is 10.2 Å². The van der Waals surface area contributed by atoms with Crippen molar-refractivity contribution < 1.29 is 14.3 Å². The van der Waals surface area contributed by atoms with Crippen LogP contribution in [-0.2, 0) is 4.79 Å². The molecule has 0 aliphatic heterocycles. The fourth-order valence-electron chi connectivity index (χ4n) is 2.62. The third-order valence-electron chi connectivity index (χ3n) is 4.11. The first kappa shape index (κ1) is 21.3. The summed E-state index contributed by atoms with van der Waals surface area (Å²) in [6, 6.07) is 10.5. The van der Waals surface area contributed by atoms with Gasteiger partial charge in [-0.2, -0.15) is 0 Å². The topological polar surface area (TPSA) is 92.3 Å². The van der Waals surface area contributed by atoms with Crippen molar-refractivity contribution >= 4 is 40.9 Å². The van der Waals surface area contributed by atoms with Gasteiger partial charge >= 0.3 is 0 Å². The molecule has 0 bridgehead atoms. The van der Waals surface area contributed by atoms with Crippen LogP contribution in [0.5, 0.6) is 11.5 Å². The van der Waals surface area contributed by atoms with E-state index < -0.39 is 11.2 Å². The predicted octanol–water partition coefficient (Wildman–Crippen LogP) is 4.22. The van der Waals surface area contributed by atoms with Gasteiger partial charge in [0.25, 0.3) is 0 Å². The van der Waals surface area contributed by atoms with E-state index in [0.29, 0.717) is 43.8 Å². The normalized spacial score (nSPS) is 11.9. The zero-order chi connectivity index (χ0) is 21.1. The largest absolute Gasteiger partial charge is 0.496 e. The molecule has 0 aliphatic rings. The van der Waals surface area contributed by atoms with E-state index in [9.17, 15) is 4.79 Å². The Hall–Kier alpha value is -2.42. The molecule has 0 aliphatic carbocycles. The van der Waals surface area contributed by atoms with Crippen molar-refractivity contribution in [2.75, 3.05) is 14.2 Å². The Balaban J connectivity index is 2.23. The molecule has 0 spiro atoms. The second-order valence-corrected chi connectivity index (χ2v) is 8.12. The molecule has 3 rings (SSSR count). The number of carbonyl (C=O) groups is 1. The van der Waals surface area contributed by atoms with E-state index in [-0.39, 0.29) is 0 Å². The summed E-state index contributed by atoms with van der Waals surface area (Å²) < 4.78 is 12.5. The van der Waals surface area contributed by atoms with Gasteiger partial charge in [-0.25, -0.2) is 0 Å². The maximum Gasteiger partial charge on any atom is 0.230 e. The van der Waals surface area contributed by atoms with Crippen LogP contribution in [0.15, 0.2) is 41.6 Å². The van der Waals surface area contributed by atoms with Gasteiger partial charge in [0.2, 0.25) is 5.91 Å². The second-order valence-electron chi connectivity index (χ2n) is 5.97. The SMILES string of the molecule is COc1ccc(-n2c(S[C@H](C)C(N)=O)nnc2-c2cc(Cl)ccc2OC)cc1Cl. The number of methoxy groups -OCH3 is 2. The average molecular weight is 453 g/mol. The van der Waals surface area contributed by atoms with E-state index in [1.165, 1.54) is 18.9 Å². The number of carbonyl (C=O) groups excluding carboxylic acids is 1. The summed E-state index contributed by atoms with van der Waals surface area (Å²) in [4.78, 5) is 11.6. The molecule has 29 heavy (non-hydrogen) atoms. The molecule has 10 heteroatoms. The van der Waals surface area contributed by atoms with Crippen molar-refractivity contribution in [2.45, 2.75) is 17.3 Å². The lowest BCUT2D eigenvalue weighted by atomic mass is 10.2. The van der Waals surface area contributed by atoms with Crippen molar-refractivity contribution in [1.29, 1.82) is 0 Å². The molecule has 0 saturated carbocycles. The zero-order valence-electron chi connectivity index (χ0n) is 15.8. The van der Waals surface area contributed by atoms with Gasteiger partial charge in [-0.05, 0) is 43.3 Å². The van der Waals surface area contributed by atoms with Crippen LogP contribution in [0.3, 0.4) is 0 Å². The highest BCUT2D eigenvalue weighted by molar-refractivity contribution is 8.00. The number of halogens is 2. The standard InChI is InChI=1S/C19H18Cl2N4O3S/c1-10(17(22)26)29-19-24-23-18(13-8-11(20)4-6-15(13)27-2)25(19)12-5-7-16(28-3)14(21)9-12/h4-10H,1-3H3,(H2,22,26)/t10-/m1/s1. The molecular formula is C19H18Cl2N4O3S. The summed E-state index contributed by atoms with van der Waals surface area (Å²) >= 11 is 13.7. The number of hydrogen-bond donors (Lipinski definition) is 1. The van der Waals surface area contributed by atoms with Crippen molar-refractivity contribution in [3.63, 3.8) is 0 Å². The van der Waals surface area contributed by atoms with Crippen molar-refractivity contribution in [3.05, 3.63) is 46.4 Å². The third kappa shape index (κ3) is 4.44. The zero-order valence-corrected chi connectivity index (χ0v) is 18.2. The fraction of sp³-hybridized carbons (Fsp3) is 0.211. The van der Waals surface area contributed by atoms with Crippen LogP contribution >= 0.6 is 35.0 Å². The summed E-state index contributed by atoms with van der Waals surface area (Å²) in [5.41, 5.74) is 6.74. The van der Waals surface area contributed by atoms with Crippen LogP contribution in [0.1, 0.15) is 6.92 Å².